The molecule has 1 fully saturated rings. The Kier molecular flexibility index (Phi) is 6.36. The van der Waals surface area contributed by atoms with Gasteiger partial charge in [0.25, 0.3) is 11.8 Å². The van der Waals surface area contributed by atoms with Crippen molar-refractivity contribution in [2.75, 3.05) is 6.61 Å². The fourth-order valence-corrected chi connectivity index (χ4v) is 4.01. The molecule has 2 amide bonds. The second-order valence-corrected chi connectivity index (χ2v) is 7.42. The van der Waals surface area contributed by atoms with Gasteiger partial charge in [-0.25, -0.2) is 0 Å². The van der Waals surface area contributed by atoms with Crippen LogP contribution in [0.4, 0.5) is 0 Å². The van der Waals surface area contributed by atoms with Gasteiger partial charge in [0.2, 0.25) is 0 Å². The molecule has 140 valence electrons. The summed E-state index contributed by atoms with van der Waals surface area (Å²) in [7, 11) is 0. The number of imide groups is 1. The summed E-state index contributed by atoms with van der Waals surface area (Å²) in [5.41, 5.74) is 0.992. The number of benzene rings is 1. The van der Waals surface area contributed by atoms with E-state index in [0.717, 1.165) is 37.9 Å². The molecule has 1 saturated carbocycles. The van der Waals surface area contributed by atoms with Gasteiger partial charge in [-0.3, -0.25) is 14.5 Å². The van der Waals surface area contributed by atoms with Crippen molar-refractivity contribution < 1.29 is 14.3 Å². The van der Waals surface area contributed by atoms with Gasteiger partial charge in [0.1, 0.15) is 10.8 Å². The Bertz CT molecular complexity index is 688. The van der Waals surface area contributed by atoms with E-state index in [4.69, 9.17) is 16.3 Å². The lowest BCUT2D eigenvalue weighted by atomic mass is 9.95. The zero-order chi connectivity index (χ0) is 18.5. The number of amides is 2. The number of halogens is 1. The fourth-order valence-electron chi connectivity index (χ4n) is 3.73. The first-order valence-electron chi connectivity index (χ1n) is 9.64. The summed E-state index contributed by atoms with van der Waals surface area (Å²) < 4.78 is 5.58. The first kappa shape index (κ1) is 19.0. The third-order valence-corrected chi connectivity index (χ3v) is 5.47. The number of carbonyl (C=O) groups excluding carboxylic acids is 2. The number of ether oxygens (including phenoxy) is 1. The molecule has 0 atom stereocenters. The molecular weight excluding hydrogens is 350 g/mol. The summed E-state index contributed by atoms with van der Waals surface area (Å²) in [6.07, 6.45) is 8.36. The molecule has 0 spiro atoms. The van der Waals surface area contributed by atoms with Gasteiger partial charge >= 0.3 is 0 Å². The predicted octanol–water partition coefficient (Wildman–Crippen LogP) is 4.91. The average molecular weight is 376 g/mol. The van der Waals surface area contributed by atoms with Crippen molar-refractivity contribution in [2.45, 2.75) is 64.3 Å². The van der Waals surface area contributed by atoms with Crippen LogP contribution in [0.3, 0.4) is 0 Å². The minimum atomic E-state index is -0.344. The van der Waals surface area contributed by atoms with E-state index in [1.165, 1.54) is 24.2 Å². The van der Waals surface area contributed by atoms with Crippen molar-refractivity contribution in [2.24, 2.45) is 0 Å². The summed E-state index contributed by atoms with van der Waals surface area (Å²) in [6, 6.07) is 7.20. The normalized spacial score (nSPS) is 19.7. The monoisotopic (exact) mass is 375 g/mol. The zero-order valence-corrected chi connectivity index (χ0v) is 16.1. The Morgan fingerprint density at radius 3 is 2.23 bits per heavy atom. The molecule has 0 bridgehead atoms. The van der Waals surface area contributed by atoms with E-state index in [2.05, 4.69) is 0 Å². The number of nitrogens with zero attached hydrogens (tertiary/aromatic N) is 1. The predicted molar refractivity (Wildman–Crippen MR) is 103 cm³/mol. The maximum absolute atomic E-state index is 13.0. The highest BCUT2D eigenvalue weighted by atomic mass is 35.5. The second-order valence-electron chi connectivity index (χ2n) is 7.04. The highest BCUT2D eigenvalue weighted by Gasteiger charge is 2.41. The molecule has 1 aliphatic heterocycles. The molecule has 2 aliphatic rings. The molecule has 1 heterocycles. The van der Waals surface area contributed by atoms with E-state index in [-0.39, 0.29) is 22.9 Å². The van der Waals surface area contributed by atoms with Crippen LogP contribution >= 0.6 is 11.6 Å². The maximum atomic E-state index is 13.0. The molecule has 1 aromatic rings. The highest BCUT2D eigenvalue weighted by molar-refractivity contribution is 6.55. The van der Waals surface area contributed by atoms with Crippen LogP contribution in [0.2, 0.25) is 0 Å². The Labute approximate surface area is 160 Å². The van der Waals surface area contributed by atoms with Crippen LogP contribution in [0.1, 0.15) is 63.9 Å². The zero-order valence-electron chi connectivity index (χ0n) is 15.3. The first-order valence-corrected chi connectivity index (χ1v) is 10.0. The molecule has 4 nitrogen and oxygen atoms in total. The number of rotatable bonds is 5. The van der Waals surface area contributed by atoms with Gasteiger partial charge in [0.15, 0.2) is 0 Å². The number of hydrogen-bond acceptors (Lipinski definition) is 3. The molecule has 0 aromatic heterocycles. The van der Waals surface area contributed by atoms with E-state index >= 15 is 0 Å². The lowest BCUT2D eigenvalue weighted by Gasteiger charge is -2.28. The molecule has 0 saturated heterocycles. The summed E-state index contributed by atoms with van der Waals surface area (Å²) in [6.45, 7) is 2.70. The lowest BCUT2D eigenvalue weighted by Crippen LogP contribution is -2.41. The van der Waals surface area contributed by atoms with Gasteiger partial charge in [-0.1, -0.05) is 62.8 Å². The molecule has 1 aromatic carbocycles. The van der Waals surface area contributed by atoms with E-state index < -0.39 is 0 Å². The molecule has 26 heavy (non-hydrogen) atoms. The SMILES string of the molecule is CCCOc1ccc(C2=C(Cl)C(=O)N(C3CCCCCCC3)C2=O)cc1. The maximum Gasteiger partial charge on any atom is 0.273 e. The molecule has 0 N–H and O–H groups in total. The van der Waals surface area contributed by atoms with Crippen molar-refractivity contribution in [3.63, 3.8) is 0 Å². The summed E-state index contributed by atoms with van der Waals surface area (Å²) in [4.78, 5) is 27.1. The van der Waals surface area contributed by atoms with Crippen LogP contribution in [-0.2, 0) is 9.59 Å². The Morgan fingerprint density at radius 1 is 1.00 bits per heavy atom. The van der Waals surface area contributed by atoms with Gasteiger partial charge < -0.3 is 4.74 Å². The average Bonchev–Trinajstić information content (AvgIpc) is 2.83. The third kappa shape index (κ3) is 3.96. The highest BCUT2D eigenvalue weighted by Crippen LogP contribution is 2.36. The van der Waals surface area contributed by atoms with Crippen molar-refractivity contribution in [1.82, 2.24) is 4.90 Å². The largest absolute Gasteiger partial charge is 0.494 e. The van der Waals surface area contributed by atoms with Crippen molar-refractivity contribution in [3.05, 3.63) is 34.9 Å². The van der Waals surface area contributed by atoms with Crippen LogP contribution in [0.15, 0.2) is 29.3 Å². The van der Waals surface area contributed by atoms with E-state index in [1.807, 2.05) is 19.1 Å². The standard InChI is InChI=1S/C21H26ClNO3/c1-2-14-26-17-12-10-15(11-13-17)18-19(22)21(25)23(20(18)24)16-8-6-4-3-5-7-9-16/h10-13,16H,2-9,14H2,1H3. The van der Waals surface area contributed by atoms with Gasteiger partial charge in [-0.05, 0) is 37.0 Å². The minimum Gasteiger partial charge on any atom is -0.494 e. The van der Waals surface area contributed by atoms with Gasteiger partial charge in [0, 0.05) is 6.04 Å². The van der Waals surface area contributed by atoms with E-state index in [0.29, 0.717) is 17.7 Å². The summed E-state index contributed by atoms with van der Waals surface area (Å²) in [5.74, 6) is 0.150. The van der Waals surface area contributed by atoms with E-state index in [1.54, 1.807) is 12.1 Å². The molecule has 0 radical (unpaired) electrons. The minimum absolute atomic E-state index is 0.0336. The Hall–Kier alpha value is -1.81. The fraction of sp³-hybridized carbons (Fsp3) is 0.524. The quantitative estimate of drug-likeness (QED) is 0.687. The van der Waals surface area contributed by atoms with Crippen molar-refractivity contribution in [3.8, 4) is 5.75 Å². The Morgan fingerprint density at radius 2 is 1.62 bits per heavy atom. The van der Waals surface area contributed by atoms with Crippen molar-refractivity contribution in [1.29, 1.82) is 0 Å². The third-order valence-electron chi connectivity index (χ3n) is 5.11. The van der Waals surface area contributed by atoms with Crippen LogP contribution < -0.4 is 4.74 Å². The van der Waals surface area contributed by atoms with Crippen LogP contribution in [-0.4, -0.2) is 29.4 Å². The van der Waals surface area contributed by atoms with E-state index in [9.17, 15) is 9.59 Å². The number of carbonyl (C=O) groups is 2. The van der Waals surface area contributed by atoms with Gasteiger partial charge in [-0.15, -0.1) is 0 Å². The molecular formula is C21H26ClNO3. The lowest BCUT2D eigenvalue weighted by molar-refractivity contribution is -0.139. The molecule has 5 heteroatoms. The van der Waals surface area contributed by atoms with Crippen LogP contribution in [0, 0.1) is 0 Å². The van der Waals surface area contributed by atoms with Crippen LogP contribution in [0.25, 0.3) is 5.57 Å². The first-order chi connectivity index (χ1) is 12.6. The summed E-state index contributed by atoms with van der Waals surface area (Å²) in [5, 5.41) is 0.0410. The van der Waals surface area contributed by atoms with Crippen molar-refractivity contribution >= 4 is 29.0 Å². The smallest absolute Gasteiger partial charge is 0.273 e. The summed E-state index contributed by atoms with van der Waals surface area (Å²) >= 11 is 6.30. The topological polar surface area (TPSA) is 46.6 Å². The second kappa shape index (κ2) is 8.72. The molecule has 3 rings (SSSR count). The molecule has 0 unspecified atom stereocenters. The van der Waals surface area contributed by atoms with Gasteiger partial charge in [-0.2, -0.15) is 0 Å². The van der Waals surface area contributed by atoms with Crippen LogP contribution in [0.5, 0.6) is 5.75 Å². The Balaban J connectivity index is 1.79. The van der Waals surface area contributed by atoms with Gasteiger partial charge in [0.05, 0.1) is 12.2 Å². The molecule has 1 aliphatic carbocycles. The number of hydrogen-bond donors (Lipinski definition) is 0.